The lowest BCUT2D eigenvalue weighted by Gasteiger charge is -2.07. The monoisotopic (exact) mass is 216 g/mol. The van der Waals surface area contributed by atoms with Gasteiger partial charge in [-0.05, 0) is 30.7 Å². The fraction of sp³-hybridized carbons (Fsp3) is 0.154. The number of hydrogen-bond acceptors (Lipinski definition) is 3. The summed E-state index contributed by atoms with van der Waals surface area (Å²) in [6, 6.07) is 7.33. The van der Waals surface area contributed by atoms with E-state index >= 15 is 0 Å². The fourth-order valence-electron chi connectivity index (χ4n) is 1.52. The molecule has 82 valence electrons. The van der Waals surface area contributed by atoms with Crippen LogP contribution in [0.1, 0.15) is 17.3 Å². The van der Waals surface area contributed by atoms with Gasteiger partial charge in [0.05, 0.1) is 24.7 Å². The Labute approximate surface area is 93.7 Å². The average Bonchev–Trinajstić information content (AvgIpc) is 2.83. The van der Waals surface area contributed by atoms with Gasteiger partial charge in [0.25, 0.3) is 0 Å². The summed E-state index contributed by atoms with van der Waals surface area (Å²) in [5.41, 5.74) is 2.51. The van der Waals surface area contributed by atoms with Crippen LogP contribution in [0.4, 0.5) is 0 Å². The Bertz CT molecular complexity index is 472. The summed E-state index contributed by atoms with van der Waals surface area (Å²) in [6.07, 6.45) is 4.07. The van der Waals surface area contributed by atoms with Crippen molar-refractivity contribution in [3.8, 4) is 16.9 Å². The second-order valence-electron chi connectivity index (χ2n) is 3.32. The van der Waals surface area contributed by atoms with Gasteiger partial charge in [0.15, 0.2) is 6.29 Å². The van der Waals surface area contributed by atoms with Crippen LogP contribution >= 0.6 is 0 Å². The van der Waals surface area contributed by atoms with E-state index in [-0.39, 0.29) is 0 Å². The first-order valence-electron chi connectivity index (χ1n) is 5.09. The van der Waals surface area contributed by atoms with Crippen molar-refractivity contribution in [1.82, 2.24) is 0 Å². The summed E-state index contributed by atoms with van der Waals surface area (Å²) in [5, 5.41) is 0. The summed E-state index contributed by atoms with van der Waals surface area (Å²) in [6.45, 7) is 2.43. The van der Waals surface area contributed by atoms with E-state index in [1.165, 1.54) is 0 Å². The third kappa shape index (κ3) is 1.98. The zero-order chi connectivity index (χ0) is 11.4. The van der Waals surface area contributed by atoms with E-state index in [9.17, 15) is 4.79 Å². The lowest BCUT2D eigenvalue weighted by atomic mass is 10.1. The number of carbonyl (C=O) groups is 1. The van der Waals surface area contributed by atoms with Crippen LogP contribution in [0, 0.1) is 0 Å². The Morgan fingerprint density at radius 2 is 2.19 bits per heavy atom. The first-order valence-corrected chi connectivity index (χ1v) is 5.09. The van der Waals surface area contributed by atoms with E-state index in [0.29, 0.717) is 17.9 Å². The van der Waals surface area contributed by atoms with Gasteiger partial charge in [-0.15, -0.1) is 0 Å². The zero-order valence-electron chi connectivity index (χ0n) is 8.97. The molecule has 0 amide bonds. The molecule has 1 aromatic carbocycles. The van der Waals surface area contributed by atoms with Crippen LogP contribution in [0.2, 0.25) is 0 Å². The van der Waals surface area contributed by atoms with Crippen LogP contribution in [-0.2, 0) is 0 Å². The predicted molar refractivity (Wildman–Crippen MR) is 60.7 cm³/mol. The van der Waals surface area contributed by atoms with Crippen LogP contribution in [0.3, 0.4) is 0 Å². The largest absolute Gasteiger partial charge is 0.493 e. The summed E-state index contributed by atoms with van der Waals surface area (Å²) >= 11 is 0. The Morgan fingerprint density at radius 1 is 1.31 bits per heavy atom. The molecule has 2 rings (SSSR count). The minimum absolute atomic E-state index is 0.537. The van der Waals surface area contributed by atoms with Crippen LogP contribution in [0.25, 0.3) is 11.1 Å². The van der Waals surface area contributed by atoms with Crippen molar-refractivity contribution in [2.75, 3.05) is 6.61 Å². The minimum Gasteiger partial charge on any atom is -0.493 e. The van der Waals surface area contributed by atoms with Crippen LogP contribution in [0.5, 0.6) is 5.75 Å². The molecule has 0 unspecified atom stereocenters. The zero-order valence-corrected chi connectivity index (χ0v) is 8.97. The van der Waals surface area contributed by atoms with Crippen molar-refractivity contribution in [2.24, 2.45) is 0 Å². The summed E-state index contributed by atoms with van der Waals surface area (Å²) in [4.78, 5) is 10.8. The van der Waals surface area contributed by atoms with Gasteiger partial charge in [-0.3, -0.25) is 4.79 Å². The molecule has 0 fully saturated rings. The second kappa shape index (κ2) is 4.66. The highest BCUT2D eigenvalue weighted by Crippen LogP contribution is 2.26. The molecule has 0 aliphatic heterocycles. The molecule has 3 nitrogen and oxygen atoms in total. The Kier molecular flexibility index (Phi) is 3.05. The van der Waals surface area contributed by atoms with Gasteiger partial charge in [0.2, 0.25) is 0 Å². The van der Waals surface area contributed by atoms with E-state index in [1.807, 2.05) is 25.1 Å². The molecule has 1 aromatic heterocycles. The number of benzene rings is 1. The molecule has 0 radical (unpaired) electrons. The summed E-state index contributed by atoms with van der Waals surface area (Å²) in [7, 11) is 0. The third-order valence-electron chi connectivity index (χ3n) is 2.29. The Hall–Kier alpha value is -2.03. The maximum atomic E-state index is 10.8. The molecule has 1 heterocycles. The van der Waals surface area contributed by atoms with Crippen molar-refractivity contribution in [3.63, 3.8) is 0 Å². The summed E-state index contributed by atoms with van der Waals surface area (Å²) < 4.78 is 10.4. The molecule has 0 saturated heterocycles. The molecular formula is C13H12O3. The smallest absolute Gasteiger partial charge is 0.153 e. The van der Waals surface area contributed by atoms with E-state index in [4.69, 9.17) is 9.15 Å². The molecule has 0 aliphatic rings. The number of carbonyl (C=O) groups excluding carboxylic acids is 1. The van der Waals surface area contributed by atoms with Crippen molar-refractivity contribution in [3.05, 3.63) is 42.4 Å². The van der Waals surface area contributed by atoms with E-state index in [1.54, 1.807) is 18.6 Å². The molecule has 3 heteroatoms. The molecule has 16 heavy (non-hydrogen) atoms. The number of aldehydes is 1. The van der Waals surface area contributed by atoms with Gasteiger partial charge >= 0.3 is 0 Å². The van der Waals surface area contributed by atoms with Gasteiger partial charge in [0.1, 0.15) is 5.75 Å². The van der Waals surface area contributed by atoms with Crippen molar-refractivity contribution < 1.29 is 13.9 Å². The average molecular weight is 216 g/mol. The maximum absolute atomic E-state index is 10.8. The minimum atomic E-state index is 0.537. The Morgan fingerprint density at radius 3 is 2.81 bits per heavy atom. The fourth-order valence-corrected chi connectivity index (χ4v) is 1.52. The normalized spacial score (nSPS) is 10.1. The molecule has 0 saturated carbocycles. The first kappa shape index (κ1) is 10.5. The topological polar surface area (TPSA) is 39.4 Å². The predicted octanol–water partition coefficient (Wildman–Crippen LogP) is 3.16. The maximum Gasteiger partial charge on any atom is 0.153 e. The van der Waals surface area contributed by atoms with Gasteiger partial charge in [-0.25, -0.2) is 0 Å². The van der Waals surface area contributed by atoms with Gasteiger partial charge in [-0.2, -0.15) is 0 Å². The first-order chi connectivity index (χ1) is 7.85. The standard InChI is InChI=1S/C13H12O3/c1-2-16-13-7-10(3-4-11(13)8-14)12-5-6-15-9-12/h3-9H,2H2,1H3. The number of ether oxygens (including phenoxy) is 1. The SMILES string of the molecule is CCOc1cc(-c2ccoc2)ccc1C=O. The van der Waals surface area contributed by atoms with Crippen molar-refractivity contribution in [2.45, 2.75) is 6.92 Å². The lowest BCUT2D eigenvalue weighted by molar-refractivity contribution is 0.112. The molecule has 0 spiro atoms. The highest BCUT2D eigenvalue weighted by Gasteiger charge is 2.06. The van der Waals surface area contributed by atoms with E-state index < -0.39 is 0 Å². The number of hydrogen-bond donors (Lipinski definition) is 0. The number of furan rings is 1. The molecule has 2 aromatic rings. The molecule has 0 N–H and O–H groups in total. The van der Waals surface area contributed by atoms with Gasteiger partial charge < -0.3 is 9.15 Å². The van der Waals surface area contributed by atoms with Crippen molar-refractivity contribution >= 4 is 6.29 Å². The highest BCUT2D eigenvalue weighted by atomic mass is 16.5. The van der Waals surface area contributed by atoms with Crippen molar-refractivity contribution in [1.29, 1.82) is 0 Å². The molecule has 0 aliphatic carbocycles. The second-order valence-corrected chi connectivity index (χ2v) is 3.32. The van der Waals surface area contributed by atoms with Gasteiger partial charge in [-0.1, -0.05) is 6.07 Å². The van der Waals surface area contributed by atoms with Crippen LogP contribution < -0.4 is 4.74 Å². The van der Waals surface area contributed by atoms with Crippen LogP contribution in [0.15, 0.2) is 41.2 Å². The molecular weight excluding hydrogens is 204 g/mol. The molecule has 0 atom stereocenters. The lowest BCUT2D eigenvalue weighted by Crippen LogP contribution is -1.96. The van der Waals surface area contributed by atoms with Gasteiger partial charge in [0, 0.05) is 5.56 Å². The highest BCUT2D eigenvalue weighted by molar-refractivity contribution is 5.81. The van der Waals surface area contributed by atoms with Crippen LogP contribution in [-0.4, -0.2) is 12.9 Å². The molecule has 0 bridgehead atoms. The number of rotatable bonds is 4. The van der Waals surface area contributed by atoms with E-state index in [2.05, 4.69) is 0 Å². The Balaban J connectivity index is 2.42. The third-order valence-corrected chi connectivity index (χ3v) is 2.29. The quantitative estimate of drug-likeness (QED) is 0.737. The summed E-state index contributed by atoms with van der Waals surface area (Å²) in [5.74, 6) is 0.608. The van der Waals surface area contributed by atoms with E-state index in [0.717, 1.165) is 17.4 Å².